The van der Waals surface area contributed by atoms with Crippen molar-refractivity contribution < 1.29 is 31.3 Å². The Balaban J connectivity index is 0.000000555. The highest BCUT2D eigenvalue weighted by Gasteiger charge is 2.25. The first-order valence-corrected chi connectivity index (χ1v) is 10.4. The summed E-state index contributed by atoms with van der Waals surface area (Å²) >= 11 is 0. The van der Waals surface area contributed by atoms with Crippen molar-refractivity contribution >= 4 is 29.1 Å². The molecule has 0 unspecified atom stereocenters. The highest BCUT2D eigenvalue weighted by atomic mass is 19.5. The van der Waals surface area contributed by atoms with Crippen LogP contribution in [0.4, 0.5) is 17.3 Å². The normalized spacial score (nSPS) is 11.3. The van der Waals surface area contributed by atoms with Gasteiger partial charge in [0.1, 0.15) is 18.5 Å². The van der Waals surface area contributed by atoms with Gasteiger partial charge in [0.15, 0.2) is 0 Å². The molecule has 0 saturated carbocycles. The molecule has 3 nitrogen and oxygen atoms in total. The Morgan fingerprint density at radius 2 is 1.39 bits per heavy atom. The quantitative estimate of drug-likeness (QED) is 0.147. The summed E-state index contributed by atoms with van der Waals surface area (Å²) in [5.41, 5.74) is 8.37. The Morgan fingerprint density at radius 3 is 1.94 bits per heavy atom. The number of pyridine rings is 1. The lowest BCUT2D eigenvalue weighted by Crippen LogP contribution is -2.32. The third-order valence-corrected chi connectivity index (χ3v) is 5.79. The molecule has 0 amide bonds. The van der Waals surface area contributed by atoms with E-state index in [1.165, 1.54) is 33.1 Å². The summed E-state index contributed by atoms with van der Waals surface area (Å²) in [5.74, 6) is 1.82. The number of ether oxygens (including phenoxy) is 2. The largest absolute Gasteiger partial charge is 0.673 e. The van der Waals surface area contributed by atoms with Crippen LogP contribution in [0.2, 0.25) is 0 Å². The first-order chi connectivity index (χ1) is 15.5. The lowest BCUT2D eigenvalue weighted by Gasteiger charge is -2.18. The molecule has 0 fully saturated rings. The SMILES string of the molecule is COc1cc(C)c2c(c1)cc1c(-c3ccccc3)c(OC)c(C)c(C)c1[n+]2C.F[B-](F)(F)F. The second kappa shape index (κ2) is 9.29. The van der Waals surface area contributed by atoms with Crippen molar-refractivity contribution in [2.45, 2.75) is 20.8 Å². The maximum Gasteiger partial charge on any atom is 0.673 e. The molecule has 0 atom stereocenters. The van der Waals surface area contributed by atoms with Crippen LogP contribution in [0.5, 0.6) is 11.5 Å². The van der Waals surface area contributed by atoms with Gasteiger partial charge in [-0.3, -0.25) is 0 Å². The van der Waals surface area contributed by atoms with E-state index in [9.17, 15) is 17.3 Å². The van der Waals surface area contributed by atoms with Gasteiger partial charge in [-0.1, -0.05) is 30.3 Å². The number of halogens is 4. The van der Waals surface area contributed by atoms with E-state index < -0.39 is 7.25 Å². The Bertz CT molecular complexity index is 1320. The Hall–Kier alpha value is -3.29. The summed E-state index contributed by atoms with van der Waals surface area (Å²) in [6, 6.07) is 17.0. The second-order valence-electron chi connectivity index (χ2n) is 7.87. The summed E-state index contributed by atoms with van der Waals surface area (Å²) in [5, 5.41) is 2.35. The van der Waals surface area contributed by atoms with E-state index in [4.69, 9.17) is 9.47 Å². The van der Waals surface area contributed by atoms with Gasteiger partial charge in [-0.15, -0.1) is 0 Å². The molecule has 0 radical (unpaired) electrons. The van der Waals surface area contributed by atoms with Crippen molar-refractivity contribution in [3.05, 3.63) is 65.2 Å². The van der Waals surface area contributed by atoms with Crippen LogP contribution in [0.25, 0.3) is 32.9 Å². The zero-order valence-electron chi connectivity index (χ0n) is 19.5. The van der Waals surface area contributed by atoms with Gasteiger partial charge in [0.2, 0.25) is 11.0 Å². The molecule has 0 aliphatic rings. The lowest BCUT2D eigenvalue weighted by atomic mass is 9.92. The van der Waals surface area contributed by atoms with E-state index in [-0.39, 0.29) is 0 Å². The van der Waals surface area contributed by atoms with E-state index in [0.29, 0.717) is 0 Å². The number of rotatable bonds is 3. The van der Waals surface area contributed by atoms with Crippen LogP contribution in [-0.4, -0.2) is 21.5 Å². The number of aromatic nitrogens is 1. The first-order valence-electron chi connectivity index (χ1n) is 10.4. The number of methoxy groups -OCH3 is 2. The standard InChI is InChI=1S/C25H26NO2.BF4/c1-15-12-20(27-5)13-19-14-21-22(18-10-8-7-9-11-18)25(28-6)17(3)16(2)24(21)26(4)23(15)19;2-1(3,4)5/h7-14H,1-6H3;/q+1;-1. The lowest BCUT2D eigenvalue weighted by molar-refractivity contribution is -0.618. The zero-order chi connectivity index (χ0) is 24.5. The zero-order valence-corrected chi connectivity index (χ0v) is 19.5. The van der Waals surface area contributed by atoms with Gasteiger partial charge >= 0.3 is 7.25 Å². The third-order valence-electron chi connectivity index (χ3n) is 5.79. The smallest absolute Gasteiger partial charge is 0.497 e. The van der Waals surface area contributed by atoms with E-state index >= 15 is 0 Å². The van der Waals surface area contributed by atoms with E-state index in [1.54, 1.807) is 14.2 Å². The number of benzene rings is 3. The summed E-state index contributed by atoms with van der Waals surface area (Å²) in [6.07, 6.45) is 0. The van der Waals surface area contributed by atoms with Gasteiger partial charge < -0.3 is 26.7 Å². The first kappa shape index (κ1) is 24.4. The molecule has 4 rings (SSSR count). The number of hydrogen-bond donors (Lipinski definition) is 0. The molecule has 0 saturated heterocycles. The summed E-state index contributed by atoms with van der Waals surface area (Å²) in [6.45, 7) is 6.46. The number of hydrogen-bond acceptors (Lipinski definition) is 2. The molecule has 0 N–H and O–H groups in total. The molecule has 33 heavy (non-hydrogen) atoms. The monoisotopic (exact) mass is 459 g/mol. The fourth-order valence-corrected chi connectivity index (χ4v) is 4.42. The number of aryl methyl sites for hydroxylation is 3. The van der Waals surface area contributed by atoms with Crippen LogP contribution in [-0.2, 0) is 7.05 Å². The molecule has 174 valence electrons. The predicted octanol–water partition coefficient (Wildman–Crippen LogP) is 6.73. The topological polar surface area (TPSA) is 22.3 Å². The minimum atomic E-state index is -6.00. The van der Waals surface area contributed by atoms with Crippen LogP contribution in [0.1, 0.15) is 16.7 Å². The van der Waals surface area contributed by atoms with Crippen LogP contribution < -0.4 is 14.0 Å². The van der Waals surface area contributed by atoms with Gasteiger partial charge in [-0.2, -0.15) is 4.57 Å². The summed E-state index contributed by atoms with van der Waals surface area (Å²) in [7, 11) is -0.375. The predicted molar refractivity (Wildman–Crippen MR) is 126 cm³/mol. The molecule has 0 aliphatic carbocycles. The van der Waals surface area contributed by atoms with Crippen LogP contribution in [0, 0.1) is 20.8 Å². The highest BCUT2D eigenvalue weighted by molar-refractivity contribution is 6.50. The average Bonchev–Trinajstić information content (AvgIpc) is 2.74. The second-order valence-corrected chi connectivity index (χ2v) is 7.87. The van der Waals surface area contributed by atoms with Crippen LogP contribution in [0.15, 0.2) is 48.5 Å². The fraction of sp³-hybridized carbons (Fsp3) is 0.240. The van der Waals surface area contributed by atoms with Gasteiger partial charge in [-0.25, -0.2) is 0 Å². The van der Waals surface area contributed by atoms with E-state index in [0.717, 1.165) is 28.0 Å². The summed E-state index contributed by atoms with van der Waals surface area (Å²) in [4.78, 5) is 0. The van der Waals surface area contributed by atoms with Crippen molar-refractivity contribution in [1.29, 1.82) is 0 Å². The van der Waals surface area contributed by atoms with Crippen molar-refractivity contribution in [3.63, 3.8) is 0 Å². The van der Waals surface area contributed by atoms with Crippen molar-refractivity contribution in [2.75, 3.05) is 14.2 Å². The Kier molecular flexibility index (Phi) is 6.86. The molecule has 1 heterocycles. The molecule has 3 aromatic carbocycles. The van der Waals surface area contributed by atoms with Crippen molar-refractivity contribution in [3.8, 4) is 22.6 Å². The molecule has 1 aromatic heterocycles. The number of nitrogens with zero attached hydrogens (tertiary/aromatic N) is 1. The van der Waals surface area contributed by atoms with Crippen LogP contribution >= 0.6 is 0 Å². The maximum absolute atomic E-state index is 9.75. The van der Waals surface area contributed by atoms with Gasteiger partial charge in [0.25, 0.3) is 0 Å². The van der Waals surface area contributed by atoms with Gasteiger partial charge in [-0.05, 0) is 44.5 Å². The highest BCUT2D eigenvalue weighted by Crippen LogP contribution is 2.42. The average molecular weight is 459 g/mol. The minimum Gasteiger partial charge on any atom is -0.497 e. The Labute approximate surface area is 190 Å². The van der Waals surface area contributed by atoms with Gasteiger partial charge in [0.05, 0.1) is 25.0 Å². The van der Waals surface area contributed by atoms with Gasteiger partial charge in [0, 0.05) is 22.3 Å². The molecule has 0 bridgehead atoms. The molecule has 0 spiro atoms. The van der Waals surface area contributed by atoms with Crippen molar-refractivity contribution in [2.24, 2.45) is 7.05 Å². The maximum atomic E-state index is 9.75. The third kappa shape index (κ3) is 4.89. The van der Waals surface area contributed by atoms with E-state index in [1.807, 2.05) is 6.07 Å². The van der Waals surface area contributed by atoms with E-state index in [2.05, 4.69) is 74.9 Å². The molecule has 8 heteroatoms. The summed E-state index contributed by atoms with van der Waals surface area (Å²) < 4.78 is 52.7. The molecule has 4 aromatic rings. The van der Waals surface area contributed by atoms with Crippen LogP contribution in [0.3, 0.4) is 0 Å². The fourth-order valence-electron chi connectivity index (χ4n) is 4.42. The van der Waals surface area contributed by atoms with Crippen molar-refractivity contribution in [1.82, 2.24) is 0 Å². The molecule has 0 aliphatic heterocycles. The minimum absolute atomic E-state index is 0.876. The molecular formula is C25H26BF4NO2. The molecular weight excluding hydrogens is 433 g/mol. The Morgan fingerprint density at radius 1 is 0.788 bits per heavy atom. The number of fused-ring (bicyclic) bond motifs is 2.